The lowest BCUT2D eigenvalue weighted by Crippen LogP contribution is -2.51. The zero-order chi connectivity index (χ0) is 37.4. The number of hydrogen-bond donors (Lipinski definition) is 1. The van der Waals surface area contributed by atoms with E-state index in [0.717, 1.165) is 48.7 Å². The fourth-order valence-corrected chi connectivity index (χ4v) is 12.0. The Morgan fingerprint density at radius 3 is 1.87 bits per heavy atom. The molecule has 0 radical (unpaired) electrons. The van der Waals surface area contributed by atoms with E-state index < -0.39 is 6.10 Å². The van der Waals surface area contributed by atoms with Gasteiger partial charge in [-0.15, -0.1) is 0 Å². The molecule has 4 rings (SSSR count). The van der Waals surface area contributed by atoms with E-state index in [0.29, 0.717) is 30.1 Å². The van der Waals surface area contributed by atoms with E-state index >= 15 is 0 Å². The highest BCUT2D eigenvalue weighted by Crippen LogP contribution is 2.67. The Kier molecular flexibility index (Phi) is 18.8. The molecule has 3 nitrogen and oxygen atoms in total. The minimum absolute atomic E-state index is 0.0909. The Bertz CT molecular complexity index is 1090. The quantitative estimate of drug-likeness (QED) is 0.0549. The highest BCUT2D eigenvalue weighted by atomic mass is 16.5. The molecule has 2 fully saturated rings. The molecule has 0 amide bonds. The molecule has 0 heterocycles. The molecule has 0 unspecified atom stereocenters. The molecular formula is C49H86O3. The largest absolute Gasteiger partial charge is 0.430 e. The summed E-state index contributed by atoms with van der Waals surface area (Å²) in [6, 6.07) is 0. The van der Waals surface area contributed by atoms with Crippen molar-refractivity contribution in [1.82, 2.24) is 0 Å². The maximum Gasteiger partial charge on any atom is 0.310 e. The van der Waals surface area contributed by atoms with Crippen LogP contribution in [0.5, 0.6) is 0 Å². The average molecular weight is 723 g/mol. The van der Waals surface area contributed by atoms with Crippen molar-refractivity contribution < 1.29 is 14.6 Å². The summed E-state index contributed by atoms with van der Waals surface area (Å²) >= 11 is 0. The Labute approximate surface area is 323 Å². The molecule has 2 saturated carbocycles. The van der Waals surface area contributed by atoms with Gasteiger partial charge in [0.05, 0.1) is 6.10 Å². The first-order chi connectivity index (χ1) is 25.1. The van der Waals surface area contributed by atoms with Gasteiger partial charge in [-0.25, -0.2) is 0 Å². The van der Waals surface area contributed by atoms with Gasteiger partial charge in [0.25, 0.3) is 0 Å². The van der Waals surface area contributed by atoms with Crippen LogP contribution >= 0.6 is 0 Å². The van der Waals surface area contributed by atoms with Crippen molar-refractivity contribution in [2.75, 3.05) is 0 Å². The third-order valence-corrected chi connectivity index (χ3v) is 15.2. The van der Waals surface area contributed by atoms with Gasteiger partial charge in [0, 0.05) is 11.8 Å². The number of unbranched alkanes of at least 4 members (excludes halogenated alkanes) is 18. The van der Waals surface area contributed by atoms with E-state index in [1.165, 1.54) is 160 Å². The summed E-state index contributed by atoms with van der Waals surface area (Å²) in [5.74, 6) is 5.04. The Morgan fingerprint density at radius 2 is 1.31 bits per heavy atom. The summed E-state index contributed by atoms with van der Waals surface area (Å²) in [4.78, 5) is 13.3. The number of aliphatic hydroxyl groups is 1. The van der Waals surface area contributed by atoms with Gasteiger partial charge in [0.15, 0.2) is 0 Å². The average Bonchev–Trinajstić information content (AvgIpc) is 3.47. The van der Waals surface area contributed by atoms with Crippen molar-refractivity contribution in [3.05, 3.63) is 23.5 Å². The maximum absolute atomic E-state index is 13.3. The second-order valence-electron chi connectivity index (χ2n) is 19.5. The third kappa shape index (κ3) is 12.2. The first kappa shape index (κ1) is 43.6. The van der Waals surface area contributed by atoms with Crippen molar-refractivity contribution in [3.8, 4) is 0 Å². The van der Waals surface area contributed by atoms with Crippen LogP contribution in [0.15, 0.2) is 23.5 Å². The van der Waals surface area contributed by atoms with E-state index in [1.807, 2.05) is 6.08 Å². The number of rotatable bonds is 26. The number of hydrogen-bond acceptors (Lipinski definition) is 3. The van der Waals surface area contributed by atoms with Gasteiger partial charge in [-0.1, -0.05) is 181 Å². The summed E-state index contributed by atoms with van der Waals surface area (Å²) < 4.78 is 6.30. The van der Waals surface area contributed by atoms with E-state index in [1.54, 1.807) is 0 Å². The summed E-state index contributed by atoms with van der Waals surface area (Å²) in [5.41, 5.74) is 1.50. The fraction of sp³-hybridized carbons (Fsp3) is 0.898. The first-order valence-electron chi connectivity index (χ1n) is 23.4. The molecule has 0 aliphatic heterocycles. The monoisotopic (exact) mass is 723 g/mol. The second-order valence-corrected chi connectivity index (χ2v) is 19.5. The van der Waals surface area contributed by atoms with Gasteiger partial charge in [-0.3, -0.25) is 4.79 Å². The van der Waals surface area contributed by atoms with Gasteiger partial charge in [0.2, 0.25) is 0 Å². The van der Waals surface area contributed by atoms with E-state index in [2.05, 4.69) is 47.6 Å². The normalized spacial score (nSPS) is 30.3. The van der Waals surface area contributed by atoms with E-state index in [9.17, 15) is 9.90 Å². The minimum Gasteiger partial charge on any atom is -0.430 e. The molecule has 0 aromatic heterocycles. The third-order valence-electron chi connectivity index (χ3n) is 15.2. The van der Waals surface area contributed by atoms with Crippen LogP contribution < -0.4 is 0 Å². The summed E-state index contributed by atoms with van der Waals surface area (Å²) in [6.45, 7) is 14.6. The van der Waals surface area contributed by atoms with Crippen LogP contribution in [0.1, 0.15) is 228 Å². The number of ether oxygens (including phenoxy) is 1. The van der Waals surface area contributed by atoms with Gasteiger partial charge >= 0.3 is 5.97 Å². The molecule has 0 saturated heterocycles. The number of carbonyl (C=O) groups is 1. The van der Waals surface area contributed by atoms with Crippen molar-refractivity contribution in [2.45, 2.75) is 234 Å². The first-order valence-corrected chi connectivity index (χ1v) is 23.4. The fourth-order valence-electron chi connectivity index (χ4n) is 12.0. The molecule has 0 aromatic carbocycles. The van der Waals surface area contributed by atoms with E-state index in [4.69, 9.17) is 4.74 Å². The lowest BCUT2D eigenvalue weighted by Gasteiger charge is -2.58. The predicted octanol–water partition coefficient (Wildman–Crippen LogP) is 14.9. The zero-order valence-electron chi connectivity index (χ0n) is 35.5. The molecule has 1 N–H and O–H groups in total. The minimum atomic E-state index is -0.551. The van der Waals surface area contributed by atoms with Crippen LogP contribution in [0.25, 0.3) is 0 Å². The van der Waals surface area contributed by atoms with Gasteiger partial charge in [0.1, 0.15) is 5.76 Å². The molecule has 0 bridgehead atoms. The molecular weight excluding hydrogens is 637 g/mol. The lowest BCUT2D eigenvalue weighted by molar-refractivity contribution is -0.143. The summed E-state index contributed by atoms with van der Waals surface area (Å²) in [6.07, 6.45) is 41.3. The number of carbonyl (C=O) groups excluding carboxylic acids is 1. The summed E-state index contributed by atoms with van der Waals surface area (Å²) in [7, 11) is 0. The van der Waals surface area contributed by atoms with Crippen LogP contribution in [0.2, 0.25) is 0 Å². The second kappa shape index (κ2) is 22.5. The van der Waals surface area contributed by atoms with Crippen molar-refractivity contribution in [3.63, 3.8) is 0 Å². The van der Waals surface area contributed by atoms with Crippen LogP contribution in [-0.4, -0.2) is 17.2 Å². The smallest absolute Gasteiger partial charge is 0.310 e. The van der Waals surface area contributed by atoms with Gasteiger partial charge in [-0.05, 0) is 98.9 Å². The van der Waals surface area contributed by atoms with Crippen LogP contribution in [0, 0.1) is 46.3 Å². The molecule has 0 aromatic rings. The number of allylic oxidation sites excluding steroid dienone is 2. The molecule has 3 heteroatoms. The van der Waals surface area contributed by atoms with Crippen molar-refractivity contribution in [1.29, 1.82) is 0 Å². The van der Waals surface area contributed by atoms with E-state index in [-0.39, 0.29) is 11.4 Å². The molecule has 300 valence electrons. The highest BCUT2D eigenvalue weighted by Gasteiger charge is 2.60. The number of aliphatic hydroxyl groups excluding tert-OH is 1. The number of fused-ring (bicyclic) bond motifs is 5. The Morgan fingerprint density at radius 1 is 0.750 bits per heavy atom. The zero-order valence-corrected chi connectivity index (χ0v) is 35.5. The standard InChI is InChI=1S/C49H86O3/c1-7-8-9-10-11-12-13-14-15-16-17-18-19-20-21-22-23-24-25-29-47(51)52-46-37-41(50)36-40-30-31-42-44-33-32-43(39(4)28-26-27-38(2)3)48(44,5)35-34-45(42)49(40,46)6/h30,37-39,41-45,50H,7-29,31-36H2,1-6H3/t39-,41+,42+,43-,44+,45+,48-,49+/m1/s1. The topological polar surface area (TPSA) is 46.5 Å². The van der Waals surface area contributed by atoms with Crippen LogP contribution in [0.3, 0.4) is 0 Å². The Hall–Kier alpha value is -1.09. The molecule has 4 aliphatic carbocycles. The van der Waals surface area contributed by atoms with Gasteiger partial charge < -0.3 is 9.84 Å². The highest BCUT2D eigenvalue weighted by molar-refractivity contribution is 5.71. The molecule has 52 heavy (non-hydrogen) atoms. The predicted molar refractivity (Wildman–Crippen MR) is 222 cm³/mol. The van der Waals surface area contributed by atoms with Crippen molar-refractivity contribution in [2.24, 2.45) is 46.3 Å². The van der Waals surface area contributed by atoms with Crippen LogP contribution in [0.4, 0.5) is 0 Å². The SMILES string of the molecule is CCCCCCCCCCCCCCCCCCCCCC(=O)OC1=C[C@@H](O)CC2=CC[C@@H]3[C@H](CC[C@]4(C)[C@@H]([C@H](C)CCCC(C)C)CC[C@@H]34)[C@]21C. The maximum atomic E-state index is 13.3. The Balaban J connectivity index is 1.12. The molecule has 8 atom stereocenters. The summed E-state index contributed by atoms with van der Waals surface area (Å²) in [5, 5.41) is 10.9. The number of esters is 1. The molecule has 0 spiro atoms. The van der Waals surface area contributed by atoms with Gasteiger partial charge in [-0.2, -0.15) is 0 Å². The van der Waals surface area contributed by atoms with Crippen molar-refractivity contribution >= 4 is 5.97 Å². The molecule has 4 aliphatic rings. The van der Waals surface area contributed by atoms with Crippen LogP contribution in [-0.2, 0) is 9.53 Å². The lowest BCUT2D eigenvalue weighted by atomic mass is 9.47.